The maximum absolute atomic E-state index is 13.9. The molecule has 1 saturated heterocycles. The van der Waals surface area contributed by atoms with Crippen molar-refractivity contribution in [1.82, 2.24) is 10.2 Å². The van der Waals surface area contributed by atoms with Crippen LogP contribution in [0.5, 0.6) is 0 Å². The Hall–Kier alpha value is -1.13. The summed E-state index contributed by atoms with van der Waals surface area (Å²) in [4.78, 5) is 14.3. The Morgan fingerprint density at radius 2 is 2.30 bits per heavy atom. The van der Waals surface area contributed by atoms with Crippen molar-refractivity contribution in [2.45, 2.75) is 25.3 Å². The first-order chi connectivity index (χ1) is 9.58. The maximum Gasteiger partial charge on any atom is 0.226 e. The number of piperazine rings is 1. The molecule has 3 rings (SSSR count). The third-order valence-electron chi connectivity index (χ3n) is 4.16. The summed E-state index contributed by atoms with van der Waals surface area (Å²) >= 11 is 6.07. The molecule has 1 N–H and O–H groups in total. The normalized spacial score (nSPS) is 29.4. The Balaban J connectivity index is 1.71. The largest absolute Gasteiger partial charge is 0.340 e. The van der Waals surface area contributed by atoms with E-state index in [0.29, 0.717) is 23.0 Å². The van der Waals surface area contributed by atoms with E-state index in [0.717, 1.165) is 19.6 Å². The van der Waals surface area contributed by atoms with Crippen molar-refractivity contribution in [1.29, 1.82) is 0 Å². The van der Waals surface area contributed by atoms with Gasteiger partial charge in [0.1, 0.15) is 5.82 Å². The van der Waals surface area contributed by atoms with Gasteiger partial charge in [0.15, 0.2) is 0 Å². The fourth-order valence-corrected chi connectivity index (χ4v) is 3.32. The molecule has 0 unspecified atom stereocenters. The molecule has 1 amide bonds. The van der Waals surface area contributed by atoms with E-state index in [2.05, 4.69) is 12.2 Å². The minimum absolute atomic E-state index is 0.0543. The molecule has 3 atom stereocenters. The molecule has 0 spiro atoms. The highest BCUT2D eigenvalue weighted by molar-refractivity contribution is 6.31. The van der Waals surface area contributed by atoms with E-state index in [1.165, 1.54) is 6.07 Å². The van der Waals surface area contributed by atoms with Crippen LogP contribution in [-0.2, 0) is 4.79 Å². The van der Waals surface area contributed by atoms with E-state index in [-0.39, 0.29) is 23.6 Å². The molecule has 1 aliphatic heterocycles. The number of rotatable bonds is 2. The van der Waals surface area contributed by atoms with Crippen LogP contribution in [0.15, 0.2) is 18.2 Å². The highest BCUT2D eigenvalue weighted by Gasteiger charge is 2.48. The quantitative estimate of drug-likeness (QED) is 0.909. The van der Waals surface area contributed by atoms with Gasteiger partial charge in [-0.05, 0) is 25.5 Å². The van der Waals surface area contributed by atoms with Gasteiger partial charge in [0.25, 0.3) is 0 Å². The van der Waals surface area contributed by atoms with E-state index >= 15 is 0 Å². The first-order valence-corrected chi connectivity index (χ1v) is 7.42. The van der Waals surface area contributed by atoms with E-state index in [4.69, 9.17) is 11.6 Å². The smallest absolute Gasteiger partial charge is 0.226 e. The van der Waals surface area contributed by atoms with Crippen LogP contribution in [0.1, 0.15) is 24.8 Å². The lowest BCUT2D eigenvalue weighted by Gasteiger charge is -2.32. The van der Waals surface area contributed by atoms with Crippen LogP contribution < -0.4 is 5.32 Å². The van der Waals surface area contributed by atoms with Gasteiger partial charge in [-0.3, -0.25) is 4.79 Å². The molecule has 1 aliphatic carbocycles. The number of carbonyl (C=O) groups is 1. The highest BCUT2D eigenvalue weighted by Crippen LogP contribution is 2.51. The molecule has 3 nitrogen and oxygen atoms in total. The summed E-state index contributed by atoms with van der Waals surface area (Å²) in [7, 11) is 0. The second-order valence-electron chi connectivity index (χ2n) is 5.72. The first kappa shape index (κ1) is 13.8. The average molecular weight is 297 g/mol. The SMILES string of the molecule is C[C@@H]1CN(C(=O)[C@H]2C[C@H]2c2c(F)cccc2Cl)CCN1. The minimum atomic E-state index is -0.300. The number of carbonyl (C=O) groups excluding carboxylic acids is 1. The van der Waals surface area contributed by atoms with Crippen molar-refractivity contribution < 1.29 is 9.18 Å². The van der Waals surface area contributed by atoms with Gasteiger partial charge in [-0.25, -0.2) is 4.39 Å². The number of hydrogen-bond acceptors (Lipinski definition) is 2. The molecule has 0 aromatic heterocycles. The molecule has 1 heterocycles. The van der Waals surface area contributed by atoms with Gasteiger partial charge in [0.05, 0.1) is 0 Å². The Labute approximate surface area is 123 Å². The number of amides is 1. The number of benzene rings is 1. The molecule has 5 heteroatoms. The second kappa shape index (κ2) is 5.34. The van der Waals surface area contributed by atoms with E-state index in [9.17, 15) is 9.18 Å². The van der Waals surface area contributed by atoms with Gasteiger partial charge in [0, 0.05) is 48.1 Å². The molecular weight excluding hydrogens is 279 g/mol. The molecule has 1 aromatic carbocycles. The van der Waals surface area contributed by atoms with E-state index in [1.54, 1.807) is 12.1 Å². The van der Waals surface area contributed by atoms with E-state index < -0.39 is 0 Å². The first-order valence-electron chi connectivity index (χ1n) is 7.04. The Morgan fingerprint density at radius 3 is 3.00 bits per heavy atom. The summed E-state index contributed by atoms with van der Waals surface area (Å²) in [6, 6.07) is 5.01. The van der Waals surface area contributed by atoms with Crippen LogP contribution in [0.3, 0.4) is 0 Å². The third kappa shape index (κ3) is 2.54. The van der Waals surface area contributed by atoms with Crippen molar-refractivity contribution in [3.8, 4) is 0 Å². The Bertz CT molecular complexity index is 516. The van der Waals surface area contributed by atoms with E-state index in [1.807, 2.05) is 4.90 Å². The topological polar surface area (TPSA) is 32.3 Å². The number of halogens is 2. The lowest BCUT2D eigenvalue weighted by molar-refractivity contribution is -0.133. The molecular formula is C15H18ClFN2O. The van der Waals surface area contributed by atoms with Crippen LogP contribution in [0.2, 0.25) is 5.02 Å². The van der Waals surface area contributed by atoms with Gasteiger partial charge >= 0.3 is 0 Å². The van der Waals surface area contributed by atoms with Crippen molar-refractivity contribution >= 4 is 17.5 Å². The van der Waals surface area contributed by atoms with Crippen molar-refractivity contribution in [3.63, 3.8) is 0 Å². The van der Waals surface area contributed by atoms with Gasteiger partial charge in [-0.1, -0.05) is 17.7 Å². The fraction of sp³-hybridized carbons (Fsp3) is 0.533. The summed E-state index contributed by atoms with van der Waals surface area (Å²) in [6.07, 6.45) is 0.706. The average Bonchev–Trinajstić information content (AvgIpc) is 3.18. The zero-order valence-corrected chi connectivity index (χ0v) is 12.2. The number of nitrogens with zero attached hydrogens (tertiary/aromatic N) is 1. The van der Waals surface area contributed by atoms with Crippen molar-refractivity contribution in [2.75, 3.05) is 19.6 Å². The van der Waals surface area contributed by atoms with Crippen molar-refractivity contribution in [2.24, 2.45) is 5.92 Å². The Kier molecular flexibility index (Phi) is 3.69. The summed E-state index contributed by atoms with van der Waals surface area (Å²) < 4.78 is 13.9. The number of nitrogens with one attached hydrogen (secondary N) is 1. The minimum Gasteiger partial charge on any atom is -0.340 e. The van der Waals surface area contributed by atoms with Crippen LogP contribution in [0.4, 0.5) is 4.39 Å². The molecule has 108 valence electrons. The lowest BCUT2D eigenvalue weighted by Crippen LogP contribution is -2.51. The summed E-state index contributed by atoms with van der Waals surface area (Å²) in [5, 5.41) is 3.74. The summed E-state index contributed by atoms with van der Waals surface area (Å²) in [5.74, 6) is -0.315. The van der Waals surface area contributed by atoms with Gasteiger partial charge in [-0.2, -0.15) is 0 Å². The third-order valence-corrected chi connectivity index (χ3v) is 4.49. The molecule has 2 aliphatic rings. The van der Waals surface area contributed by atoms with Gasteiger partial charge in [-0.15, -0.1) is 0 Å². The predicted molar refractivity (Wildman–Crippen MR) is 76.3 cm³/mol. The molecule has 1 aromatic rings. The fourth-order valence-electron chi connectivity index (χ4n) is 3.02. The zero-order valence-electron chi connectivity index (χ0n) is 11.4. The lowest BCUT2D eigenvalue weighted by atomic mass is 10.1. The highest BCUT2D eigenvalue weighted by atomic mass is 35.5. The summed E-state index contributed by atoms with van der Waals surface area (Å²) in [5.41, 5.74) is 0.510. The van der Waals surface area contributed by atoms with Crippen LogP contribution >= 0.6 is 11.6 Å². The zero-order chi connectivity index (χ0) is 14.3. The standard InChI is InChI=1S/C15H18ClFN2O/c1-9-8-19(6-5-18-9)15(20)11-7-10(11)14-12(16)3-2-4-13(14)17/h2-4,9-11,18H,5-8H2,1H3/t9-,10-,11+/m1/s1. The summed E-state index contributed by atoms with van der Waals surface area (Å²) in [6.45, 7) is 4.35. The number of hydrogen-bond donors (Lipinski definition) is 1. The van der Waals surface area contributed by atoms with Crippen LogP contribution in [0.25, 0.3) is 0 Å². The predicted octanol–water partition coefficient (Wildman–Crippen LogP) is 2.40. The Morgan fingerprint density at radius 1 is 1.50 bits per heavy atom. The molecule has 2 fully saturated rings. The van der Waals surface area contributed by atoms with Crippen LogP contribution in [0, 0.1) is 11.7 Å². The molecule has 0 radical (unpaired) electrons. The van der Waals surface area contributed by atoms with Gasteiger partial charge in [0.2, 0.25) is 5.91 Å². The maximum atomic E-state index is 13.9. The van der Waals surface area contributed by atoms with Crippen molar-refractivity contribution in [3.05, 3.63) is 34.6 Å². The molecule has 1 saturated carbocycles. The van der Waals surface area contributed by atoms with Gasteiger partial charge < -0.3 is 10.2 Å². The molecule has 0 bridgehead atoms. The van der Waals surface area contributed by atoms with Crippen LogP contribution in [-0.4, -0.2) is 36.5 Å². The molecule has 20 heavy (non-hydrogen) atoms. The second-order valence-corrected chi connectivity index (χ2v) is 6.13. The monoisotopic (exact) mass is 296 g/mol.